The van der Waals surface area contributed by atoms with Gasteiger partial charge in [-0.25, -0.2) is 4.39 Å². The smallest absolute Gasteiger partial charge is 0.258 e. The topological polar surface area (TPSA) is 50.8 Å². The van der Waals surface area contributed by atoms with E-state index >= 15 is 0 Å². The summed E-state index contributed by atoms with van der Waals surface area (Å²) in [7, 11) is 1.80. The highest BCUT2D eigenvalue weighted by Crippen LogP contribution is 2.35. The first-order chi connectivity index (χ1) is 10.2. The summed E-state index contributed by atoms with van der Waals surface area (Å²) in [5, 5.41) is 3.01. The Kier molecular flexibility index (Phi) is 3.96. The molecule has 21 heavy (non-hydrogen) atoms. The number of carbonyl (C=O) groups is 1. The van der Waals surface area contributed by atoms with Crippen LogP contribution in [0.3, 0.4) is 0 Å². The fraction of sp³-hybridized carbons (Fsp3) is 0.533. The van der Waals surface area contributed by atoms with E-state index < -0.39 is 6.17 Å². The number of benzene rings is 1. The number of hydrogen-bond donors (Lipinski definition) is 1. The van der Waals surface area contributed by atoms with Crippen LogP contribution in [-0.2, 0) is 0 Å². The molecular weight excluding hydrogens is 275 g/mol. The Morgan fingerprint density at radius 1 is 1.43 bits per heavy atom. The molecule has 1 saturated heterocycles. The van der Waals surface area contributed by atoms with Crippen LogP contribution in [0.2, 0.25) is 0 Å². The van der Waals surface area contributed by atoms with Gasteiger partial charge in [-0.15, -0.1) is 0 Å². The Bertz CT molecular complexity index is 538. The van der Waals surface area contributed by atoms with Crippen molar-refractivity contribution in [3.8, 4) is 11.5 Å². The van der Waals surface area contributed by atoms with Gasteiger partial charge in [-0.05, 0) is 19.2 Å². The van der Waals surface area contributed by atoms with Gasteiger partial charge >= 0.3 is 0 Å². The van der Waals surface area contributed by atoms with Gasteiger partial charge < -0.3 is 19.7 Å². The summed E-state index contributed by atoms with van der Waals surface area (Å²) in [4.78, 5) is 14.3. The number of nitrogens with zero attached hydrogens (tertiary/aromatic N) is 1. The minimum atomic E-state index is -0.969. The van der Waals surface area contributed by atoms with Crippen molar-refractivity contribution < 1.29 is 18.7 Å². The third kappa shape index (κ3) is 2.68. The van der Waals surface area contributed by atoms with Crippen LogP contribution < -0.4 is 14.8 Å². The van der Waals surface area contributed by atoms with Crippen molar-refractivity contribution in [2.24, 2.45) is 0 Å². The molecule has 1 amide bonds. The summed E-state index contributed by atoms with van der Waals surface area (Å²) in [6.07, 6.45) is -0.595. The van der Waals surface area contributed by atoms with Crippen molar-refractivity contribution in [3.05, 3.63) is 23.8 Å². The Balaban J connectivity index is 1.88. The maximum Gasteiger partial charge on any atom is 0.258 e. The molecule has 114 valence electrons. The lowest BCUT2D eigenvalue weighted by molar-refractivity contribution is 0.0719. The molecule has 2 aliphatic rings. The van der Waals surface area contributed by atoms with E-state index in [1.807, 2.05) is 0 Å². The quantitative estimate of drug-likeness (QED) is 0.911. The van der Waals surface area contributed by atoms with Crippen molar-refractivity contribution in [1.82, 2.24) is 10.2 Å². The standard InChI is InChI=1S/C15H19FN2O3/c1-17-8-11-7-10(16)9-18(11)15(19)12-3-2-4-13-14(12)21-6-5-20-13/h2-4,10-11,17H,5-9H2,1H3/t10-,11-/m0/s1. The average Bonchev–Trinajstić information content (AvgIpc) is 2.87. The Morgan fingerprint density at radius 3 is 3.05 bits per heavy atom. The minimum absolute atomic E-state index is 0.127. The molecule has 0 radical (unpaired) electrons. The molecule has 0 bridgehead atoms. The lowest BCUT2D eigenvalue weighted by Crippen LogP contribution is -2.41. The van der Waals surface area contributed by atoms with Gasteiger partial charge in [0.05, 0.1) is 12.1 Å². The van der Waals surface area contributed by atoms with E-state index in [1.54, 1.807) is 30.1 Å². The number of carbonyl (C=O) groups excluding carboxylic acids is 1. The molecule has 1 aromatic carbocycles. The van der Waals surface area contributed by atoms with Crippen LogP contribution in [0.1, 0.15) is 16.8 Å². The molecule has 0 aromatic heterocycles. The number of nitrogens with one attached hydrogen (secondary N) is 1. The largest absolute Gasteiger partial charge is 0.486 e. The predicted molar refractivity (Wildman–Crippen MR) is 75.7 cm³/mol. The highest BCUT2D eigenvalue weighted by Gasteiger charge is 2.36. The second-order valence-electron chi connectivity index (χ2n) is 5.33. The fourth-order valence-electron chi connectivity index (χ4n) is 2.93. The monoisotopic (exact) mass is 294 g/mol. The summed E-state index contributed by atoms with van der Waals surface area (Å²) in [5.74, 6) is 0.852. The molecule has 0 spiro atoms. The maximum atomic E-state index is 13.7. The number of halogens is 1. The molecule has 3 rings (SSSR count). The molecule has 2 aliphatic heterocycles. The molecule has 0 unspecified atom stereocenters. The molecule has 2 atom stereocenters. The first-order valence-electron chi connectivity index (χ1n) is 7.19. The number of hydrogen-bond acceptors (Lipinski definition) is 4. The van der Waals surface area contributed by atoms with Gasteiger partial charge in [-0.3, -0.25) is 4.79 Å². The number of rotatable bonds is 3. The number of likely N-dealkylation sites (N-methyl/N-ethyl adjacent to an activating group) is 1. The lowest BCUT2D eigenvalue weighted by Gasteiger charge is -2.26. The summed E-state index contributed by atoms with van der Waals surface area (Å²) in [6, 6.07) is 5.12. The van der Waals surface area contributed by atoms with E-state index in [1.165, 1.54) is 0 Å². The number of amides is 1. The van der Waals surface area contributed by atoms with Crippen LogP contribution in [0.15, 0.2) is 18.2 Å². The third-order valence-electron chi connectivity index (χ3n) is 3.86. The van der Waals surface area contributed by atoms with Crippen LogP contribution in [0, 0.1) is 0 Å². The average molecular weight is 294 g/mol. The molecule has 0 saturated carbocycles. The SMILES string of the molecule is CNC[C@@H]1C[C@H](F)CN1C(=O)c1cccc2c1OCCO2. The van der Waals surface area contributed by atoms with Crippen LogP contribution >= 0.6 is 0 Å². The number of likely N-dealkylation sites (tertiary alicyclic amines) is 1. The van der Waals surface area contributed by atoms with Gasteiger partial charge in [-0.1, -0.05) is 6.07 Å². The predicted octanol–water partition coefficient (Wildman–Crippen LogP) is 1.23. The normalized spacial score (nSPS) is 24.2. The molecule has 5 nitrogen and oxygen atoms in total. The molecule has 6 heteroatoms. The van der Waals surface area contributed by atoms with Crippen LogP contribution in [-0.4, -0.2) is 56.4 Å². The number of para-hydroxylation sites is 1. The second-order valence-corrected chi connectivity index (χ2v) is 5.33. The zero-order chi connectivity index (χ0) is 14.8. The zero-order valence-corrected chi connectivity index (χ0v) is 12.0. The van der Waals surface area contributed by atoms with Crippen LogP contribution in [0.25, 0.3) is 0 Å². The maximum absolute atomic E-state index is 13.7. The number of fused-ring (bicyclic) bond motifs is 1. The van der Waals surface area contributed by atoms with Gasteiger partial charge in [0.15, 0.2) is 11.5 Å². The van der Waals surface area contributed by atoms with Gasteiger partial charge in [0, 0.05) is 19.0 Å². The highest BCUT2D eigenvalue weighted by molar-refractivity contribution is 5.98. The van der Waals surface area contributed by atoms with E-state index in [2.05, 4.69) is 5.32 Å². The van der Waals surface area contributed by atoms with Crippen molar-refractivity contribution in [1.29, 1.82) is 0 Å². The van der Waals surface area contributed by atoms with Crippen LogP contribution in [0.5, 0.6) is 11.5 Å². The molecule has 1 aromatic rings. The van der Waals surface area contributed by atoms with E-state index in [9.17, 15) is 9.18 Å². The second kappa shape index (κ2) is 5.89. The molecular formula is C15H19FN2O3. The molecule has 0 aliphatic carbocycles. The van der Waals surface area contributed by atoms with Crippen LogP contribution in [0.4, 0.5) is 4.39 Å². The van der Waals surface area contributed by atoms with E-state index in [0.717, 1.165) is 0 Å². The van der Waals surface area contributed by atoms with Crippen molar-refractivity contribution in [2.45, 2.75) is 18.6 Å². The third-order valence-corrected chi connectivity index (χ3v) is 3.86. The molecule has 2 heterocycles. The first-order valence-corrected chi connectivity index (χ1v) is 7.19. The number of alkyl halides is 1. The highest BCUT2D eigenvalue weighted by atomic mass is 19.1. The number of ether oxygens (including phenoxy) is 2. The minimum Gasteiger partial charge on any atom is -0.486 e. The summed E-state index contributed by atoms with van der Waals surface area (Å²) < 4.78 is 24.8. The Labute approximate surface area is 123 Å². The van der Waals surface area contributed by atoms with Crippen molar-refractivity contribution in [2.75, 3.05) is 33.4 Å². The molecule has 1 N–H and O–H groups in total. The van der Waals surface area contributed by atoms with E-state index in [0.29, 0.717) is 43.2 Å². The lowest BCUT2D eigenvalue weighted by atomic mass is 10.1. The van der Waals surface area contributed by atoms with Crippen molar-refractivity contribution >= 4 is 5.91 Å². The van der Waals surface area contributed by atoms with Gasteiger partial charge in [0.1, 0.15) is 19.4 Å². The Morgan fingerprint density at radius 2 is 2.24 bits per heavy atom. The van der Waals surface area contributed by atoms with Crippen molar-refractivity contribution in [3.63, 3.8) is 0 Å². The fourth-order valence-corrected chi connectivity index (χ4v) is 2.93. The first kappa shape index (κ1) is 14.1. The zero-order valence-electron chi connectivity index (χ0n) is 12.0. The summed E-state index contributed by atoms with van der Waals surface area (Å²) >= 11 is 0. The molecule has 1 fully saturated rings. The summed E-state index contributed by atoms with van der Waals surface area (Å²) in [5.41, 5.74) is 0.447. The van der Waals surface area contributed by atoms with E-state index in [-0.39, 0.29) is 18.5 Å². The van der Waals surface area contributed by atoms with E-state index in [4.69, 9.17) is 9.47 Å². The van der Waals surface area contributed by atoms with Gasteiger partial charge in [-0.2, -0.15) is 0 Å². The Hall–Kier alpha value is -1.82. The summed E-state index contributed by atoms with van der Waals surface area (Å²) in [6.45, 7) is 1.61. The van der Waals surface area contributed by atoms with Gasteiger partial charge in [0.2, 0.25) is 0 Å². The van der Waals surface area contributed by atoms with Gasteiger partial charge in [0.25, 0.3) is 5.91 Å².